The maximum Gasteiger partial charge on any atom is 0.267 e. The number of nitrogens with zero attached hydrogens (tertiary/aromatic N) is 4. The molecule has 1 saturated heterocycles. The molecule has 1 amide bonds. The highest BCUT2D eigenvalue weighted by atomic mass is 32.2. The zero-order chi connectivity index (χ0) is 19.0. The van der Waals surface area contributed by atoms with E-state index in [2.05, 4.69) is 15.1 Å². The first-order valence-electron chi connectivity index (χ1n) is 8.35. The quantitative estimate of drug-likeness (QED) is 0.680. The Morgan fingerprint density at radius 1 is 1.19 bits per heavy atom. The van der Waals surface area contributed by atoms with Crippen LogP contribution in [-0.2, 0) is 14.8 Å². The predicted octanol–water partition coefficient (Wildman–Crippen LogP) is 2.49. The molecule has 4 rings (SSSR count). The fraction of sp³-hybridized carbons (Fsp3) is 0.222. The number of amides is 1. The summed E-state index contributed by atoms with van der Waals surface area (Å²) in [6.45, 7) is 1.86. The minimum Gasteiger partial charge on any atom is -0.337 e. The SMILES string of the molecule is Cc1ccc(S(=O)(=O)N2C(=O)CC[C@@H]2c2nc(-c3cccnc3)no2)cc1. The molecule has 0 saturated carbocycles. The van der Waals surface area contributed by atoms with Gasteiger partial charge in [0.1, 0.15) is 6.04 Å². The summed E-state index contributed by atoms with van der Waals surface area (Å²) in [6.07, 6.45) is 3.59. The Balaban J connectivity index is 1.70. The van der Waals surface area contributed by atoms with Crippen molar-refractivity contribution in [2.75, 3.05) is 0 Å². The fourth-order valence-electron chi connectivity index (χ4n) is 2.99. The van der Waals surface area contributed by atoms with Gasteiger partial charge in [-0.2, -0.15) is 4.98 Å². The van der Waals surface area contributed by atoms with Crippen LogP contribution in [0.25, 0.3) is 11.4 Å². The third-order valence-electron chi connectivity index (χ3n) is 4.38. The van der Waals surface area contributed by atoms with E-state index in [1.54, 1.807) is 36.7 Å². The van der Waals surface area contributed by atoms with Gasteiger partial charge < -0.3 is 4.52 Å². The van der Waals surface area contributed by atoms with Gasteiger partial charge >= 0.3 is 0 Å². The van der Waals surface area contributed by atoms with E-state index in [0.29, 0.717) is 17.8 Å². The molecule has 138 valence electrons. The first kappa shape index (κ1) is 17.3. The molecule has 27 heavy (non-hydrogen) atoms. The van der Waals surface area contributed by atoms with Gasteiger partial charge in [0.2, 0.25) is 11.7 Å². The van der Waals surface area contributed by atoms with E-state index in [9.17, 15) is 13.2 Å². The van der Waals surface area contributed by atoms with E-state index >= 15 is 0 Å². The van der Waals surface area contributed by atoms with Crippen LogP contribution in [0.2, 0.25) is 0 Å². The number of rotatable bonds is 4. The molecule has 1 atom stereocenters. The zero-order valence-electron chi connectivity index (χ0n) is 14.4. The van der Waals surface area contributed by atoms with Gasteiger partial charge in [0.25, 0.3) is 15.9 Å². The summed E-state index contributed by atoms with van der Waals surface area (Å²) in [4.78, 5) is 20.7. The number of aromatic nitrogens is 3. The van der Waals surface area contributed by atoms with Crippen LogP contribution in [0.5, 0.6) is 0 Å². The first-order valence-corrected chi connectivity index (χ1v) is 9.79. The summed E-state index contributed by atoms with van der Waals surface area (Å²) < 4.78 is 32.2. The van der Waals surface area contributed by atoms with Gasteiger partial charge in [-0.1, -0.05) is 22.9 Å². The van der Waals surface area contributed by atoms with Crippen molar-refractivity contribution in [3.05, 3.63) is 60.2 Å². The molecule has 3 aromatic rings. The van der Waals surface area contributed by atoms with Gasteiger partial charge in [0, 0.05) is 24.4 Å². The number of carbonyl (C=O) groups is 1. The van der Waals surface area contributed by atoms with Crippen molar-refractivity contribution in [3.63, 3.8) is 0 Å². The van der Waals surface area contributed by atoms with Crippen molar-refractivity contribution >= 4 is 15.9 Å². The van der Waals surface area contributed by atoms with Gasteiger partial charge in [0.15, 0.2) is 0 Å². The molecule has 8 nitrogen and oxygen atoms in total. The summed E-state index contributed by atoms with van der Waals surface area (Å²) in [5.41, 5.74) is 1.57. The van der Waals surface area contributed by atoms with E-state index in [1.165, 1.54) is 12.1 Å². The summed E-state index contributed by atoms with van der Waals surface area (Å²) >= 11 is 0. The van der Waals surface area contributed by atoms with E-state index in [1.807, 2.05) is 6.92 Å². The lowest BCUT2D eigenvalue weighted by Gasteiger charge is -2.21. The smallest absolute Gasteiger partial charge is 0.267 e. The third-order valence-corrected chi connectivity index (χ3v) is 6.23. The summed E-state index contributed by atoms with van der Waals surface area (Å²) in [7, 11) is -4.01. The minimum atomic E-state index is -4.01. The van der Waals surface area contributed by atoms with Crippen LogP contribution < -0.4 is 0 Å². The molecule has 0 N–H and O–H groups in total. The number of carbonyl (C=O) groups excluding carboxylic acids is 1. The molecule has 1 aromatic carbocycles. The Hall–Kier alpha value is -3.07. The molecule has 3 heterocycles. The topological polar surface area (TPSA) is 106 Å². The highest BCUT2D eigenvalue weighted by Crippen LogP contribution is 2.37. The highest BCUT2D eigenvalue weighted by Gasteiger charge is 2.44. The highest BCUT2D eigenvalue weighted by molar-refractivity contribution is 7.89. The molecule has 1 aliphatic heterocycles. The average Bonchev–Trinajstić information content (AvgIpc) is 3.30. The molecule has 0 unspecified atom stereocenters. The summed E-state index contributed by atoms with van der Waals surface area (Å²) in [5, 5.41) is 3.90. The van der Waals surface area contributed by atoms with Crippen molar-refractivity contribution in [1.82, 2.24) is 19.4 Å². The molecule has 9 heteroatoms. The lowest BCUT2D eigenvalue weighted by atomic mass is 10.2. The normalized spacial score (nSPS) is 17.4. The standard InChI is InChI=1S/C18H16N4O4S/c1-12-4-6-14(7-5-12)27(24,25)22-15(8-9-16(22)23)18-20-17(21-26-18)13-3-2-10-19-11-13/h2-7,10-11,15H,8-9H2,1H3/t15-/m1/s1. The van der Waals surface area contributed by atoms with Gasteiger partial charge in [-0.3, -0.25) is 9.78 Å². The second kappa shape index (κ2) is 6.58. The largest absolute Gasteiger partial charge is 0.337 e. The Morgan fingerprint density at radius 3 is 2.67 bits per heavy atom. The van der Waals surface area contributed by atoms with Crippen molar-refractivity contribution < 1.29 is 17.7 Å². The Morgan fingerprint density at radius 2 is 1.96 bits per heavy atom. The van der Waals surface area contributed by atoms with Gasteiger partial charge in [0.05, 0.1) is 4.90 Å². The second-order valence-electron chi connectivity index (χ2n) is 6.26. The van der Waals surface area contributed by atoms with E-state index in [0.717, 1.165) is 9.87 Å². The Labute approximate surface area is 155 Å². The van der Waals surface area contributed by atoms with Crippen LogP contribution in [-0.4, -0.2) is 33.8 Å². The van der Waals surface area contributed by atoms with Crippen LogP contribution in [0.15, 0.2) is 58.2 Å². The number of hydrogen-bond acceptors (Lipinski definition) is 7. The maximum absolute atomic E-state index is 13.0. The van der Waals surface area contributed by atoms with Gasteiger partial charge in [-0.05, 0) is 37.6 Å². The van der Waals surface area contributed by atoms with Crippen LogP contribution in [0.3, 0.4) is 0 Å². The molecule has 0 spiro atoms. The van der Waals surface area contributed by atoms with E-state index < -0.39 is 22.0 Å². The third kappa shape index (κ3) is 3.10. The predicted molar refractivity (Wildman–Crippen MR) is 94.7 cm³/mol. The summed E-state index contributed by atoms with van der Waals surface area (Å²) in [6, 6.07) is 9.04. The molecule has 1 fully saturated rings. The first-order chi connectivity index (χ1) is 13.0. The monoisotopic (exact) mass is 384 g/mol. The van der Waals surface area contributed by atoms with Crippen LogP contribution in [0.4, 0.5) is 0 Å². The Kier molecular flexibility index (Phi) is 4.23. The van der Waals surface area contributed by atoms with Crippen LogP contribution in [0, 0.1) is 6.92 Å². The number of aryl methyl sites for hydroxylation is 1. The lowest BCUT2D eigenvalue weighted by Crippen LogP contribution is -2.34. The van der Waals surface area contributed by atoms with Crippen LogP contribution in [0.1, 0.15) is 30.3 Å². The van der Waals surface area contributed by atoms with Crippen molar-refractivity contribution in [3.8, 4) is 11.4 Å². The molecule has 0 aliphatic carbocycles. The molecule has 0 radical (unpaired) electrons. The summed E-state index contributed by atoms with van der Waals surface area (Å²) in [5.74, 6) is -0.0952. The second-order valence-corrected chi connectivity index (χ2v) is 8.07. The Bertz CT molecular complexity index is 1080. The number of pyridine rings is 1. The molecule has 1 aliphatic rings. The maximum atomic E-state index is 13.0. The van der Waals surface area contributed by atoms with E-state index in [-0.39, 0.29) is 17.2 Å². The zero-order valence-corrected chi connectivity index (χ0v) is 15.3. The average molecular weight is 384 g/mol. The number of hydrogen-bond donors (Lipinski definition) is 0. The minimum absolute atomic E-state index is 0.0559. The van der Waals surface area contributed by atoms with Crippen LogP contribution >= 0.6 is 0 Å². The van der Waals surface area contributed by atoms with Gasteiger partial charge in [-0.15, -0.1) is 0 Å². The van der Waals surface area contributed by atoms with Gasteiger partial charge in [-0.25, -0.2) is 12.7 Å². The molecule has 2 aromatic heterocycles. The van der Waals surface area contributed by atoms with E-state index in [4.69, 9.17) is 4.52 Å². The number of sulfonamides is 1. The van der Waals surface area contributed by atoms with Crippen molar-refractivity contribution in [2.24, 2.45) is 0 Å². The fourth-order valence-corrected chi connectivity index (χ4v) is 4.59. The number of benzene rings is 1. The molecular weight excluding hydrogens is 368 g/mol. The molecular formula is C18H16N4O4S. The van der Waals surface area contributed by atoms with Crippen molar-refractivity contribution in [2.45, 2.75) is 30.7 Å². The van der Waals surface area contributed by atoms with Crippen molar-refractivity contribution in [1.29, 1.82) is 0 Å². The lowest BCUT2D eigenvalue weighted by molar-refractivity contribution is -0.124. The molecule has 0 bridgehead atoms.